The monoisotopic (exact) mass is 1570 g/mol. The molecule has 4 aromatic heterocycles. The zero-order valence-corrected chi connectivity index (χ0v) is 64.6. The molecule has 0 saturated heterocycles. The predicted molar refractivity (Wildman–Crippen MR) is 434 cm³/mol. The van der Waals surface area contributed by atoms with E-state index in [1.807, 2.05) is 98.8 Å². The van der Waals surface area contributed by atoms with Gasteiger partial charge in [-0.15, -0.1) is 11.3 Å². The number of thiazole rings is 1. The fraction of sp³-hybridized carbons (Fsp3) is 0.159. The average Bonchev–Trinajstić information content (AvgIpc) is 1.66. The maximum atomic E-state index is 13.2. The molecule has 0 aliphatic rings. The fourth-order valence-electron chi connectivity index (χ4n) is 11.6. The highest BCUT2D eigenvalue weighted by atomic mass is 32.2. The van der Waals surface area contributed by atoms with Crippen LogP contribution >= 0.6 is 11.3 Å². The number of hydrogen-bond acceptors (Lipinski definition) is 19. The van der Waals surface area contributed by atoms with Gasteiger partial charge in [-0.05, 0) is 203 Å². The van der Waals surface area contributed by atoms with Gasteiger partial charge in [-0.3, -0.25) is 28.9 Å². The highest BCUT2D eigenvalue weighted by Crippen LogP contribution is 2.37. The Morgan fingerprint density at radius 3 is 1.30 bits per heavy atom. The molecule has 29 heteroatoms. The van der Waals surface area contributed by atoms with Crippen LogP contribution in [0, 0.1) is 43.1 Å². The molecule has 111 heavy (non-hydrogen) atoms. The zero-order chi connectivity index (χ0) is 80.7. The first kappa shape index (κ1) is 85.6. The SMILES string of the molecule is CNS(=O)(=O)Nc1cccc(-c2ccc(-c3ccccn3)cc2CCC(N)=O)c1.Cc1cccc(-c2ccc(-c3ccc(F)cc3)cc2CCC(N)=O)c1.Cc1cccc(-c2ccc(-c3sc(C)nc3C)cc2CCC(N)=O)c1.N=S(=O)=O.N=S(=O)=O.NC(=O)CCc1cc(-c2cncnc2)ccc1-c1ccnc(N)c1. The summed E-state index contributed by atoms with van der Waals surface area (Å²) < 4.78 is 87.1. The van der Waals surface area contributed by atoms with Crippen LogP contribution in [0.5, 0.6) is 0 Å². The van der Waals surface area contributed by atoms with E-state index in [0.29, 0.717) is 50.0 Å². The van der Waals surface area contributed by atoms with Gasteiger partial charge in [-0.25, -0.2) is 29.0 Å². The molecular weight excluding hydrogens is 1490 g/mol. The molecule has 0 bridgehead atoms. The van der Waals surface area contributed by atoms with Gasteiger partial charge in [0.2, 0.25) is 23.6 Å². The fourth-order valence-corrected chi connectivity index (χ4v) is 13.1. The van der Waals surface area contributed by atoms with E-state index < -0.39 is 31.2 Å². The van der Waals surface area contributed by atoms with Crippen molar-refractivity contribution in [3.05, 3.63) is 281 Å². The number of nitrogen functional groups attached to an aromatic ring is 1. The molecule has 0 unspecified atom stereocenters. The second-order valence-electron chi connectivity index (χ2n) is 24.9. The quantitative estimate of drug-likeness (QED) is 0.0287. The van der Waals surface area contributed by atoms with Crippen molar-refractivity contribution >= 4 is 77.7 Å². The minimum absolute atomic E-state index is 0.213. The van der Waals surface area contributed by atoms with Crippen LogP contribution in [0.25, 0.3) is 88.5 Å². The van der Waals surface area contributed by atoms with E-state index in [9.17, 15) is 32.0 Å². The van der Waals surface area contributed by atoms with Gasteiger partial charge in [0.05, 0.1) is 27.0 Å². The first-order valence-corrected chi connectivity index (χ1v) is 38.7. The number of carbonyl (C=O) groups is 4. The van der Waals surface area contributed by atoms with Crippen molar-refractivity contribution in [1.29, 1.82) is 9.56 Å². The lowest BCUT2D eigenvalue weighted by molar-refractivity contribution is -0.118. The highest BCUT2D eigenvalue weighted by Gasteiger charge is 2.17. The van der Waals surface area contributed by atoms with Crippen LogP contribution in [0.1, 0.15) is 69.8 Å². The lowest BCUT2D eigenvalue weighted by Gasteiger charge is -2.14. The molecule has 0 saturated carbocycles. The van der Waals surface area contributed by atoms with Crippen LogP contribution in [0.2, 0.25) is 0 Å². The molecule has 8 aromatic carbocycles. The van der Waals surface area contributed by atoms with Gasteiger partial charge < -0.3 is 28.7 Å². The lowest BCUT2D eigenvalue weighted by Crippen LogP contribution is -2.26. The molecular formula is C82H83FN14O10S4. The summed E-state index contributed by atoms with van der Waals surface area (Å²) in [5.74, 6) is -1.10. The van der Waals surface area contributed by atoms with Crippen molar-refractivity contribution in [3.8, 4) is 88.5 Å². The molecule has 0 spiro atoms. The molecule has 24 nitrogen and oxygen atoms in total. The van der Waals surface area contributed by atoms with Gasteiger partial charge in [-0.1, -0.05) is 151 Å². The minimum atomic E-state index is -3.62. The molecule has 4 heterocycles. The number of nitrogens with two attached hydrogens (primary N) is 5. The van der Waals surface area contributed by atoms with Crippen LogP contribution in [0.3, 0.4) is 0 Å². The minimum Gasteiger partial charge on any atom is -0.384 e. The van der Waals surface area contributed by atoms with Crippen LogP contribution in [-0.4, -0.2) is 80.8 Å². The lowest BCUT2D eigenvalue weighted by atomic mass is 9.92. The topological polar surface area (TPSA) is 437 Å². The molecule has 572 valence electrons. The number of aromatic nitrogens is 5. The second kappa shape index (κ2) is 42.2. The van der Waals surface area contributed by atoms with Crippen molar-refractivity contribution in [2.45, 2.75) is 79.1 Å². The van der Waals surface area contributed by atoms with E-state index in [1.54, 1.807) is 66.5 Å². The van der Waals surface area contributed by atoms with Crippen molar-refractivity contribution in [2.24, 2.45) is 22.9 Å². The Labute approximate surface area is 650 Å². The van der Waals surface area contributed by atoms with Crippen LogP contribution in [0.4, 0.5) is 15.9 Å². The number of pyridine rings is 2. The maximum absolute atomic E-state index is 13.2. The van der Waals surface area contributed by atoms with E-state index in [-0.39, 0.29) is 42.3 Å². The van der Waals surface area contributed by atoms with Crippen LogP contribution in [-0.2, 0) is 76.1 Å². The standard InChI is InChI=1S/C22H20FNO.C21H22N4O3S.C21H22N2OS.C18H17N5O.2HNO2S/c1-15-3-2-4-18(13-15)21-11-7-17(14-19(21)8-12-22(24)25)16-5-9-20(23)10-6-16;1-23-29(27,28)25-18-6-4-5-15(14-18)19-10-8-17(20-7-2-3-12-24-20)13-16(19)9-11-21(22)26;1-13-5-4-6-16(11-13)19-9-7-18(12-17(19)8-10-20(22)24)21-14(2)23-15(3)25-21;19-17-8-14(5-6-23-17)16-3-1-12(15-9-21-11-22-10-15)7-13(16)2-4-18(20)24;2*1-4(2)3/h2-7,9-11,13-14H,8,12H2,1H3,(H2,24,25);2-8,10,12-14,23,25H,9,11H2,1H3,(H2,22,26);4-7,9,11-12H,8,10H2,1-3H3,(H2,22,24);1,3,5-11H,2,4H2,(H2,19,23)(H2,20,24);2*1H. The number of rotatable bonds is 23. The molecule has 0 radical (unpaired) electrons. The normalized spacial score (nSPS) is 10.5. The second-order valence-corrected chi connectivity index (χ2v) is 28.7. The molecule has 12 aromatic rings. The number of aryl methyl sites for hydroxylation is 8. The molecule has 0 aliphatic carbocycles. The zero-order valence-electron chi connectivity index (χ0n) is 61.3. The highest BCUT2D eigenvalue weighted by molar-refractivity contribution is 7.90. The van der Waals surface area contributed by atoms with Gasteiger partial charge in [0, 0.05) is 68.6 Å². The Morgan fingerprint density at radius 1 is 0.459 bits per heavy atom. The summed E-state index contributed by atoms with van der Waals surface area (Å²) in [4.78, 5) is 67.3. The van der Waals surface area contributed by atoms with Gasteiger partial charge in [0.15, 0.2) is 0 Å². The number of amides is 4. The molecule has 14 N–H and O–H groups in total. The number of anilines is 2. The van der Waals surface area contributed by atoms with Gasteiger partial charge in [0.25, 0.3) is 10.2 Å². The average molecular weight is 1570 g/mol. The summed E-state index contributed by atoms with van der Waals surface area (Å²) in [6.45, 7) is 8.20. The number of carbonyl (C=O) groups excluding carboxylic acids is 4. The third-order valence-corrected chi connectivity index (χ3v) is 18.8. The van der Waals surface area contributed by atoms with Gasteiger partial charge in [0.1, 0.15) is 18.0 Å². The van der Waals surface area contributed by atoms with Gasteiger partial charge in [-0.2, -0.15) is 34.8 Å². The van der Waals surface area contributed by atoms with E-state index in [0.717, 1.165) is 111 Å². The van der Waals surface area contributed by atoms with Gasteiger partial charge >= 0.3 is 21.0 Å². The number of benzene rings is 8. The smallest absolute Gasteiger partial charge is 0.308 e. The third-order valence-electron chi connectivity index (χ3n) is 16.6. The van der Waals surface area contributed by atoms with E-state index in [1.165, 1.54) is 47.1 Å². The first-order chi connectivity index (χ1) is 52.9. The Kier molecular flexibility index (Phi) is 32.5. The Balaban J connectivity index is 0.000000199. The molecule has 0 atom stereocenters. The van der Waals surface area contributed by atoms with Crippen LogP contribution in [0.15, 0.2) is 231 Å². The third kappa shape index (κ3) is 28.1. The van der Waals surface area contributed by atoms with E-state index >= 15 is 0 Å². The summed E-state index contributed by atoms with van der Waals surface area (Å²) in [5, 5.41) is 1.06. The number of hydrogen-bond donors (Lipinski definition) is 9. The largest absolute Gasteiger partial charge is 0.384 e. The predicted octanol–water partition coefficient (Wildman–Crippen LogP) is 13.9. The number of halogens is 1. The summed E-state index contributed by atoms with van der Waals surface area (Å²) >= 11 is 1.70. The van der Waals surface area contributed by atoms with Crippen LogP contribution < -0.4 is 38.1 Å². The molecule has 12 rings (SSSR count). The number of primary amides is 4. The van der Waals surface area contributed by atoms with Crippen molar-refractivity contribution in [1.82, 2.24) is 29.6 Å². The summed E-state index contributed by atoms with van der Waals surface area (Å²) in [5.41, 5.74) is 50.2. The molecule has 0 fully saturated rings. The summed E-state index contributed by atoms with van der Waals surface area (Å²) in [7, 11) is -7.50. The first-order valence-electron chi connectivity index (χ1n) is 34.2. The van der Waals surface area contributed by atoms with Crippen molar-refractivity contribution in [2.75, 3.05) is 17.5 Å². The van der Waals surface area contributed by atoms with Crippen molar-refractivity contribution < 1.29 is 48.8 Å². The molecule has 0 aliphatic heterocycles. The number of nitrogens with zero attached hydrogens (tertiary/aromatic N) is 5. The molecule has 4 amide bonds. The summed E-state index contributed by atoms with van der Waals surface area (Å²) in [6, 6.07) is 64.1. The summed E-state index contributed by atoms with van der Waals surface area (Å²) in [6.07, 6.45) is 11.8. The Hall–Kier alpha value is -12.7. The Bertz CT molecular complexity index is 5570. The van der Waals surface area contributed by atoms with E-state index in [2.05, 4.69) is 121 Å². The van der Waals surface area contributed by atoms with Crippen molar-refractivity contribution in [3.63, 3.8) is 0 Å². The number of nitrogens with one attached hydrogen (secondary N) is 4. The van der Waals surface area contributed by atoms with E-state index in [4.69, 9.17) is 55.1 Å². The maximum Gasteiger partial charge on any atom is 0.308 e. The Morgan fingerprint density at radius 2 is 0.874 bits per heavy atom.